The zero-order valence-electron chi connectivity index (χ0n) is 8.04. The summed E-state index contributed by atoms with van der Waals surface area (Å²) in [5.41, 5.74) is 0. The minimum absolute atomic E-state index is 0.636. The average molecular weight is 181 g/mol. The molecule has 1 N–H and O–H groups in total. The Hall–Kier alpha value is -1.80. The molecule has 0 spiro atoms. The normalized spacial score (nSPS) is 14.9. The van der Waals surface area contributed by atoms with Gasteiger partial charge in [-0.15, -0.1) is 0 Å². The summed E-state index contributed by atoms with van der Waals surface area (Å²) in [6.07, 6.45) is 2.73. The van der Waals surface area contributed by atoms with Gasteiger partial charge in [-0.05, 0) is 30.1 Å². The van der Waals surface area contributed by atoms with Gasteiger partial charge in [0, 0.05) is 12.8 Å². The third-order valence-corrected chi connectivity index (χ3v) is 1.51. The molecule has 1 nitrogen and oxygen atoms in total. The van der Waals surface area contributed by atoms with E-state index < -0.39 is 0 Å². The molecule has 0 bridgehead atoms. The molecule has 0 aromatic rings. The maximum Gasteiger partial charge on any atom is 0.0594 e. The SMILES string of the molecule is C1#CCCCC#CC#CCNCC#C1. The van der Waals surface area contributed by atoms with Crippen molar-refractivity contribution in [3.05, 3.63) is 0 Å². The van der Waals surface area contributed by atoms with E-state index in [9.17, 15) is 0 Å². The Kier molecular flexibility index (Phi) is 5.75. The van der Waals surface area contributed by atoms with Crippen molar-refractivity contribution in [2.45, 2.75) is 19.3 Å². The van der Waals surface area contributed by atoms with Crippen LogP contribution in [-0.2, 0) is 0 Å². The van der Waals surface area contributed by atoms with Crippen molar-refractivity contribution in [2.24, 2.45) is 0 Å². The molecule has 0 aliphatic carbocycles. The van der Waals surface area contributed by atoms with E-state index in [0.29, 0.717) is 13.1 Å². The Morgan fingerprint density at radius 1 is 0.643 bits per heavy atom. The van der Waals surface area contributed by atoms with E-state index >= 15 is 0 Å². The Bertz CT molecular complexity index is 319. The number of nitrogens with one attached hydrogen (secondary N) is 1. The summed E-state index contributed by atoms with van der Waals surface area (Å²) in [5.74, 6) is 22.9. The first-order valence-corrected chi connectivity index (χ1v) is 4.62. The molecule has 0 aromatic heterocycles. The van der Waals surface area contributed by atoms with Gasteiger partial charge in [0.1, 0.15) is 0 Å². The summed E-state index contributed by atoms with van der Waals surface area (Å²) in [6.45, 7) is 1.27. The van der Waals surface area contributed by atoms with E-state index in [4.69, 9.17) is 0 Å². The molecular weight excluding hydrogens is 170 g/mol. The van der Waals surface area contributed by atoms with Crippen LogP contribution in [0.5, 0.6) is 0 Å². The van der Waals surface area contributed by atoms with Crippen LogP contribution in [0.2, 0.25) is 0 Å². The molecule has 0 saturated heterocycles. The molecule has 1 aliphatic heterocycles. The molecule has 0 unspecified atom stereocenters. The lowest BCUT2D eigenvalue weighted by Crippen LogP contribution is -2.13. The predicted molar refractivity (Wildman–Crippen MR) is 57.8 cm³/mol. The maximum absolute atomic E-state index is 3.06. The minimum atomic E-state index is 0.636. The van der Waals surface area contributed by atoms with Gasteiger partial charge in [0.2, 0.25) is 0 Å². The smallest absolute Gasteiger partial charge is 0.0594 e. The summed E-state index contributed by atoms with van der Waals surface area (Å²) >= 11 is 0. The summed E-state index contributed by atoms with van der Waals surface area (Å²) in [6, 6.07) is 0. The van der Waals surface area contributed by atoms with Crippen LogP contribution >= 0.6 is 0 Å². The highest BCUT2D eigenvalue weighted by molar-refractivity contribution is 5.28. The predicted octanol–water partition coefficient (Wildman–Crippen LogP) is 0.773. The minimum Gasteiger partial charge on any atom is -0.295 e. The average Bonchev–Trinajstić information content (AvgIpc) is 2.22. The lowest BCUT2D eigenvalue weighted by Gasteiger charge is -1.88. The molecule has 14 heavy (non-hydrogen) atoms. The second kappa shape index (κ2) is 7.83. The Labute approximate surface area is 85.7 Å². The van der Waals surface area contributed by atoms with Crippen molar-refractivity contribution in [1.29, 1.82) is 0 Å². The fraction of sp³-hybridized carbons (Fsp3) is 0.385. The fourth-order valence-corrected chi connectivity index (χ4v) is 0.843. The summed E-state index contributed by atoms with van der Waals surface area (Å²) in [4.78, 5) is 0. The molecule has 0 amide bonds. The zero-order valence-corrected chi connectivity index (χ0v) is 8.04. The van der Waals surface area contributed by atoms with Crippen molar-refractivity contribution in [3.8, 4) is 47.4 Å². The molecule has 0 fully saturated rings. The molecule has 0 radical (unpaired) electrons. The van der Waals surface area contributed by atoms with Gasteiger partial charge >= 0.3 is 0 Å². The highest BCUT2D eigenvalue weighted by Crippen LogP contribution is 1.90. The first-order valence-electron chi connectivity index (χ1n) is 4.62. The van der Waals surface area contributed by atoms with Gasteiger partial charge in [-0.3, -0.25) is 5.32 Å². The quantitative estimate of drug-likeness (QED) is 0.544. The summed E-state index contributed by atoms with van der Waals surface area (Å²) in [5, 5.41) is 3.06. The highest BCUT2D eigenvalue weighted by Gasteiger charge is 1.79. The summed E-state index contributed by atoms with van der Waals surface area (Å²) in [7, 11) is 0. The van der Waals surface area contributed by atoms with Crippen LogP contribution in [0.4, 0.5) is 0 Å². The van der Waals surface area contributed by atoms with Crippen LogP contribution in [0.1, 0.15) is 19.3 Å². The van der Waals surface area contributed by atoms with Crippen LogP contribution in [0.3, 0.4) is 0 Å². The molecule has 0 saturated carbocycles. The lowest BCUT2D eigenvalue weighted by molar-refractivity contribution is 0.872. The molecule has 1 rings (SSSR count). The van der Waals surface area contributed by atoms with Crippen LogP contribution in [-0.4, -0.2) is 13.1 Å². The van der Waals surface area contributed by atoms with Crippen LogP contribution in [0.15, 0.2) is 0 Å². The van der Waals surface area contributed by atoms with Gasteiger partial charge in [0.15, 0.2) is 0 Å². The second-order valence-electron chi connectivity index (χ2n) is 2.66. The van der Waals surface area contributed by atoms with E-state index in [0.717, 1.165) is 19.3 Å². The first-order chi connectivity index (χ1) is 7.00. The van der Waals surface area contributed by atoms with E-state index in [1.807, 2.05) is 0 Å². The van der Waals surface area contributed by atoms with Gasteiger partial charge in [0.05, 0.1) is 13.1 Å². The number of hydrogen-bond acceptors (Lipinski definition) is 1. The second-order valence-corrected chi connectivity index (χ2v) is 2.66. The molecule has 68 valence electrons. The fourth-order valence-electron chi connectivity index (χ4n) is 0.843. The highest BCUT2D eigenvalue weighted by atomic mass is 14.8. The van der Waals surface area contributed by atoms with Crippen molar-refractivity contribution < 1.29 is 0 Å². The van der Waals surface area contributed by atoms with E-state index in [1.165, 1.54) is 0 Å². The Morgan fingerprint density at radius 3 is 1.71 bits per heavy atom. The molecule has 0 aromatic carbocycles. The standard InChI is InChI=1S/C13H11N/c1-2-4-6-8-10-12-14-13-11-9-7-5-3-1/h14H,1-3,12-13H2. The third kappa shape index (κ3) is 5.80. The Morgan fingerprint density at radius 2 is 1.14 bits per heavy atom. The molecule has 1 heteroatoms. The summed E-state index contributed by atoms with van der Waals surface area (Å²) < 4.78 is 0. The first kappa shape index (κ1) is 10.3. The van der Waals surface area contributed by atoms with Crippen molar-refractivity contribution >= 4 is 0 Å². The van der Waals surface area contributed by atoms with Gasteiger partial charge in [0.25, 0.3) is 0 Å². The van der Waals surface area contributed by atoms with Crippen LogP contribution in [0.25, 0.3) is 0 Å². The van der Waals surface area contributed by atoms with Crippen LogP contribution in [0, 0.1) is 47.4 Å². The number of hydrogen-bond donors (Lipinski definition) is 1. The van der Waals surface area contributed by atoms with Crippen molar-refractivity contribution in [3.63, 3.8) is 0 Å². The lowest BCUT2D eigenvalue weighted by atomic mass is 10.2. The van der Waals surface area contributed by atoms with Gasteiger partial charge in [-0.25, -0.2) is 0 Å². The molecular formula is C13H11N. The van der Waals surface area contributed by atoms with Gasteiger partial charge < -0.3 is 0 Å². The zero-order chi connectivity index (χ0) is 9.90. The Balaban J connectivity index is 2.47. The molecule has 1 heterocycles. The molecule has 1 aliphatic rings. The van der Waals surface area contributed by atoms with E-state index in [-0.39, 0.29) is 0 Å². The van der Waals surface area contributed by atoms with E-state index in [2.05, 4.69) is 52.7 Å². The topological polar surface area (TPSA) is 12.0 Å². The largest absolute Gasteiger partial charge is 0.295 e. The number of rotatable bonds is 0. The van der Waals surface area contributed by atoms with E-state index in [1.54, 1.807) is 0 Å². The third-order valence-electron chi connectivity index (χ3n) is 1.51. The molecule has 0 atom stereocenters. The monoisotopic (exact) mass is 181 g/mol. The van der Waals surface area contributed by atoms with Gasteiger partial charge in [-0.1, -0.05) is 23.7 Å². The van der Waals surface area contributed by atoms with Crippen LogP contribution < -0.4 is 5.32 Å². The van der Waals surface area contributed by atoms with Crippen molar-refractivity contribution in [1.82, 2.24) is 5.32 Å². The van der Waals surface area contributed by atoms with Gasteiger partial charge in [-0.2, -0.15) is 0 Å². The van der Waals surface area contributed by atoms with Crippen molar-refractivity contribution in [2.75, 3.05) is 13.1 Å². The maximum atomic E-state index is 3.06.